The minimum Gasteiger partial charge on any atom is -0.462 e. The van der Waals surface area contributed by atoms with Gasteiger partial charge in [-0.25, -0.2) is 4.79 Å². The quantitative estimate of drug-likeness (QED) is 0.562. The lowest BCUT2D eigenvalue weighted by Crippen LogP contribution is -2.05. The van der Waals surface area contributed by atoms with Crippen LogP contribution in [0.5, 0.6) is 0 Å². The van der Waals surface area contributed by atoms with Gasteiger partial charge in [0, 0.05) is 9.80 Å². The lowest BCUT2D eigenvalue weighted by molar-refractivity contribution is 0.0526. The molecule has 0 aliphatic carbocycles. The van der Waals surface area contributed by atoms with E-state index in [2.05, 4.69) is 37.9 Å². The zero-order valence-corrected chi connectivity index (χ0v) is 13.8. The second-order valence-electron chi connectivity index (χ2n) is 4.16. The Hall–Kier alpha value is -0.870. The average molecular weight is 386 g/mol. The summed E-state index contributed by atoms with van der Waals surface area (Å²) in [5.41, 5.74) is 1.77. The minimum atomic E-state index is -0.261. The minimum absolute atomic E-state index is 0.261. The highest BCUT2D eigenvalue weighted by Crippen LogP contribution is 2.26. The van der Waals surface area contributed by atoms with E-state index in [4.69, 9.17) is 4.74 Å². The highest BCUT2D eigenvalue weighted by atomic mass is 79.9. The van der Waals surface area contributed by atoms with E-state index in [0.717, 1.165) is 27.2 Å². The van der Waals surface area contributed by atoms with Crippen LogP contribution in [-0.4, -0.2) is 17.9 Å². The summed E-state index contributed by atoms with van der Waals surface area (Å²) < 4.78 is 6.12. The van der Waals surface area contributed by atoms with Crippen LogP contribution in [0.2, 0.25) is 0 Å². The molecule has 4 heteroatoms. The van der Waals surface area contributed by atoms with Gasteiger partial charge in [0.2, 0.25) is 0 Å². The fourth-order valence-electron chi connectivity index (χ4n) is 2.05. The Morgan fingerprint density at radius 3 is 2.74 bits per heavy atom. The van der Waals surface area contributed by atoms with Crippen molar-refractivity contribution in [2.24, 2.45) is 0 Å². The highest BCUT2D eigenvalue weighted by Gasteiger charge is 2.11. The van der Waals surface area contributed by atoms with Crippen molar-refractivity contribution in [3.05, 3.63) is 45.9 Å². The Labute approximate surface area is 129 Å². The molecule has 0 radical (unpaired) electrons. The number of alkyl halides is 1. The summed E-state index contributed by atoms with van der Waals surface area (Å²) in [5, 5.41) is 3.09. The Morgan fingerprint density at radius 2 is 2.05 bits per heavy atom. The maximum absolute atomic E-state index is 11.9. The molecule has 0 saturated carbocycles. The van der Waals surface area contributed by atoms with Crippen LogP contribution in [0.15, 0.2) is 34.8 Å². The zero-order chi connectivity index (χ0) is 13.8. The summed E-state index contributed by atoms with van der Waals surface area (Å²) >= 11 is 6.94. The second-order valence-corrected chi connectivity index (χ2v) is 5.87. The first-order chi connectivity index (χ1) is 9.15. The molecule has 0 bridgehead atoms. The van der Waals surface area contributed by atoms with Crippen LogP contribution in [0.1, 0.15) is 22.8 Å². The molecule has 0 atom stereocenters. The number of hydrogen-bond acceptors (Lipinski definition) is 2. The van der Waals surface area contributed by atoms with Gasteiger partial charge in [0.15, 0.2) is 0 Å². The number of fused-ring (bicyclic) bond motifs is 1. The van der Waals surface area contributed by atoms with Crippen LogP contribution in [0, 0.1) is 0 Å². The Kier molecular flexibility index (Phi) is 4.99. The molecule has 2 rings (SSSR count). The molecule has 100 valence electrons. The van der Waals surface area contributed by atoms with E-state index >= 15 is 0 Å². The zero-order valence-electron chi connectivity index (χ0n) is 10.6. The van der Waals surface area contributed by atoms with Gasteiger partial charge >= 0.3 is 5.97 Å². The molecule has 2 aromatic rings. The molecular formula is C15H14Br2O2. The number of hydrogen-bond donors (Lipinski definition) is 0. The Morgan fingerprint density at radius 1 is 1.26 bits per heavy atom. The predicted octanol–water partition coefficient (Wildman–Crippen LogP) is 4.72. The summed E-state index contributed by atoms with van der Waals surface area (Å²) in [5.74, 6) is -0.261. The molecule has 0 fully saturated rings. The van der Waals surface area contributed by atoms with Crippen LogP contribution in [0.4, 0.5) is 0 Å². The van der Waals surface area contributed by atoms with E-state index in [9.17, 15) is 4.79 Å². The number of carbonyl (C=O) groups is 1. The second kappa shape index (κ2) is 6.53. The first-order valence-electron chi connectivity index (χ1n) is 6.11. The van der Waals surface area contributed by atoms with Crippen molar-refractivity contribution in [1.29, 1.82) is 0 Å². The molecule has 0 N–H and O–H groups in total. The summed E-state index contributed by atoms with van der Waals surface area (Å²) in [4.78, 5) is 11.9. The number of esters is 1. The van der Waals surface area contributed by atoms with Crippen LogP contribution >= 0.6 is 31.9 Å². The monoisotopic (exact) mass is 384 g/mol. The topological polar surface area (TPSA) is 26.3 Å². The van der Waals surface area contributed by atoms with Crippen LogP contribution < -0.4 is 0 Å². The van der Waals surface area contributed by atoms with Crippen molar-refractivity contribution in [2.45, 2.75) is 13.3 Å². The molecule has 2 aromatic carbocycles. The van der Waals surface area contributed by atoms with E-state index in [1.165, 1.54) is 5.39 Å². The fraction of sp³-hybridized carbons (Fsp3) is 0.267. The van der Waals surface area contributed by atoms with Crippen molar-refractivity contribution < 1.29 is 9.53 Å². The summed E-state index contributed by atoms with van der Waals surface area (Å²) in [6.07, 6.45) is 0.875. The maximum atomic E-state index is 11.9. The van der Waals surface area contributed by atoms with Gasteiger partial charge in [-0.1, -0.05) is 37.9 Å². The number of rotatable bonds is 4. The van der Waals surface area contributed by atoms with Crippen LogP contribution in [-0.2, 0) is 11.2 Å². The lowest BCUT2D eigenvalue weighted by Gasteiger charge is -2.09. The Balaban J connectivity index is 2.57. The first-order valence-corrected chi connectivity index (χ1v) is 8.02. The number of benzene rings is 2. The third-order valence-electron chi connectivity index (χ3n) is 2.88. The van der Waals surface area contributed by atoms with Gasteiger partial charge in [0.25, 0.3) is 0 Å². The third kappa shape index (κ3) is 3.37. The largest absolute Gasteiger partial charge is 0.462 e. The summed E-state index contributed by atoms with van der Waals surface area (Å²) in [7, 11) is 0. The van der Waals surface area contributed by atoms with Gasteiger partial charge in [-0.3, -0.25) is 0 Å². The standard InChI is InChI=1S/C15H14Br2O2/c1-2-19-15(18)12-7-10-3-4-13(17)9-14(10)11(8-12)5-6-16/h3-4,7-9H,2,5-6H2,1H3. The molecule has 0 saturated heterocycles. The first kappa shape index (κ1) is 14.5. The van der Waals surface area contributed by atoms with Gasteiger partial charge in [-0.2, -0.15) is 0 Å². The number of carbonyl (C=O) groups excluding carboxylic acids is 1. The molecule has 2 nitrogen and oxygen atoms in total. The molecule has 0 heterocycles. The van der Waals surface area contributed by atoms with E-state index < -0.39 is 0 Å². The van der Waals surface area contributed by atoms with Gasteiger partial charge in [0.05, 0.1) is 12.2 Å². The van der Waals surface area contributed by atoms with Gasteiger partial charge in [0.1, 0.15) is 0 Å². The third-order valence-corrected chi connectivity index (χ3v) is 3.77. The Bertz CT molecular complexity index is 608. The molecular weight excluding hydrogens is 372 g/mol. The molecule has 0 aliphatic rings. The SMILES string of the molecule is CCOC(=O)c1cc(CCBr)c2cc(Br)ccc2c1. The van der Waals surface area contributed by atoms with Crippen molar-refractivity contribution in [1.82, 2.24) is 0 Å². The van der Waals surface area contributed by atoms with E-state index in [0.29, 0.717) is 12.2 Å². The molecule has 0 amide bonds. The van der Waals surface area contributed by atoms with Crippen LogP contribution in [0.3, 0.4) is 0 Å². The van der Waals surface area contributed by atoms with Crippen molar-refractivity contribution >= 4 is 48.6 Å². The number of ether oxygens (including phenoxy) is 1. The maximum Gasteiger partial charge on any atom is 0.338 e. The predicted molar refractivity (Wildman–Crippen MR) is 85.1 cm³/mol. The average Bonchev–Trinajstić information content (AvgIpc) is 2.39. The summed E-state index contributed by atoms with van der Waals surface area (Å²) in [6, 6.07) is 9.89. The summed E-state index contributed by atoms with van der Waals surface area (Å²) in [6.45, 7) is 2.21. The molecule has 19 heavy (non-hydrogen) atoms. The van der Waals surface area contributed by atoms with Crippen molar-refractivity contribution in [3.8, 4) is 0 Å². The fourth-order valence-corrected chi connectivity index (χ4v) is 2.84. The molecule has 0 spiro atoms. The smallest absolute Gasteiger partial charge is 0.338 e. The molecule has 0 aliphatic heterocycles. The van der Waals surface area contributed by atoms with Gasteiger partial charge in [-0.05, 0) is 53.9 Å². The lowest BCUT2D eigenvalue weighted by atomic mass is 9.99. The van der Waals surface area contributed by atoms with E-state index in [-0.39, 0.29) is 5.97 Å². The molecule has 0 unspecified atom stereocenters. The van der Waals surface area contributed by atoms with E-state index in [1.807, 2.05) is 31.2 Å². The van der Waals surface area contributed by atoms with Crippen molar-refractivity contribution in [3.63, 3.8) is 0 Å². The van der Waals surface area contributed by atoms with E-state index in [1.54, 1.807) is 0 Å². The van der Waals surface area contributed by atoms with Gasteiger partial charge in [-0.15, -0.1) is 0 Å². The van der Waals surface area contributed by atoms with Gasteiger partial charge < -0.3 is 4.74 Å². The molecule has 0 aromatic heterocycles. The normalized spacial score (nSPS) is 10.7. The highest BCUT2D eigenvalue weighted by molar-refractivity contribution is 9.10. The van der Waals surface area contributed by atoms with Crippen LogP contribution in [0.25, 0.3) is 10.8 Å². The van der Waals surface area contributed by atoms with Crippen molar-refractivity contribution in [2.75, 3.05) is 11.9 Å². The number of halogens is 2. The number of aryl methyl sites for hydroxylation is 1.